The summed E-state index contributed by atoms with van der Waals surface area (Å²) in [7, 11) is 0. The van der Waals surface area contributed by atoms with Gasteiger partial charge in [-0.2, -0.15) is 0 Å². The van der Waals surface area contributed by atoms with Gasteiger partial charge >= 0.3 is 5.97 Å². The molecule has 0 aliphatic carbocycles. The Bertz CT molecular complexity index is 438. The molecule has 0 saturated heterocycles. The highest BCUT2D eigenvalue weighted by atomic mass is 16.4. The molecule has 0 saturated carbocycles. The van der Waals surface area contributed by atoms with E-state index in [1.54, 1.807) is 32.9 Å². The maximum atomic E-state index is 11.2. The SMILES string of the molecule is CCC(=O)Nc1cc(C)c(C(=O)O)cc1C. The summed E-state index contributed by atoms with van der Waals surface area (Å²) in [5.41, 5.74) is 2.34. The second-order valence-corrected chi connectivity index (χ2v) is 3.69. The third-order valence-corrected chi connectivity index (χ3v) is 2.40. The van der Waals surface area contributed by atoms with Crippen LogP contribution in [0.1, 0.15) is 34.8 Å². The van der Waals surface area contributed by atoms with Gasteiger partial charge in [-0.15, -0.1) is 0 Å². The number of carboxylic acids is 1. The minimum Gasteiger partial charge on any atom is -0.478 e. The van der Waals surface area contributed by atoms with Crippen molar-refractivity contribution < 1.29 is 14.7 Å². The molecule has 0 aliphatic heterocycles. The molecule has 0 aromatic heterocycles. The van der Waals surface area contributed by atoms with E-state index < -0.39 is 5.97 Å². The molecule has 0 atom stereocenters. The van der Waals surface area contributed by atoms with Crippen molar-refractivity contribution in [2.75, 3.05) is 5.32 Å². The Morgan fingerprint density at radius 1 is 1.25 bits per heavy atom. The van der Waals surface area contributed by atoms with Gasteiger partial charge in [-0.25, -0.2) is 4.79 Å². The molecule has 2 N–H and O–H groups in total. The maximum Gasteiger partial charge on any atom is 0.335 e. The van der Waals surface area contributed by atoms with Crippen molar-refractivity contribution in [1.29, 1.82) is 0 Å². The zero-order valence-electron chi connectivity index (χ0n) is 9.63. The van der Waals surface area contributed by atoms with Gasteiger partial charge < -0.3 is 10.4 Å². The molecule has 4 heteroatoms. The van der Waals surface area contributed by atoms with Crippen LogP contribution in [0.15, 0.2) is 12.1 Å². The molecular formula is C12H15NO3. The number of aromatic carboxylic acids is 1. The van der Waals surface area contributed by atoms with E-state index in [-0.39, 0.29) is 11.5 Å². The highest BCUT2D eigenvalue weighted by molar-refractivity contribution is 5.94. The Morgan fingerprint density at radius 2 is 1.88 bits per heavy atom. The van der Waals surface area contributed by atoms with E-state index in [0.29, 0.717) is 17.7 Å². The lowest BCUT2D eigenvalue weighted by molar-refractivity contribution is -0.115. The number of hydrogen-bond acceptors (Lipinski definition) is 2. The topological polar surface area (TPSA) is 66.4 Å². The molecule has 0 heterocycles. The first-order valence-corrected chi connectivity index (χ1v) is 5.10. The monoisotopic (exact) mass is 221 g/mol. The van der Waals surface area contributed by atoms with Gasteiger partial charge in [-0.05, 0) is 37.1 Å². The predicted molar refractivity (Wildman–Crippen MR) is 61.8 cm³/mol. The molecule has 1 amide bonds. The summed E-state index contributed by atoms with van der Waals surface area (Å²) in [6, 6.07) is 3.26. The number of amides is 1. The number of hydrogen-bond donors (Lipinski definition) is 2. The molecule has 86 valence electrons. The number of rotatable bonds is 3. The Balaban J connectivity index is 3.10. The van der Waals surface area contributed by atoms with Crippen LogP contribution in [0.4, 0.5) is 5.69 Å². The lowest BCUT2D eigenvalue weighted by Gasteiger charge is -2.10. The largest absolute Gasteiger partial charge is 0.478 e. The van der Waals surface area contributed by atoms with Gasteiger partial charge in [0.1, 0.15) is 0 Å². The lowest BCUT2D eigenvalue weighted by atomic mass is 10.0. The van der Waals surface area contributed by atoms with E-state index in [1.807, 2.05) is 0 Å². The second-order valence-electron chi connectivity index (χ2n) is 3.69. The van der Waals surface area contributed by atoms with Gasteiger partial charge in [-0.3, -0.25) is 4.79 Å². The lowest BCUT2D eigenvalue weighted by Crippen LogP contribution is -2.11. The summed E-state index contributed by atoms with van der Waals surface area (Å²) >= 11 is 0. The summed E-state index contributed by atoms with van der Waals surface area (Å²) in [6.45, 7) is 5.25. The molecule has 0 fully saturated rings. The van der Waals surface area contributed by atoms with Gasteiger partial charge in [0.2, 0.25) is 5.91 Å². The Morgan fingerprint density at radius 3 is 2.38 bits per heavy atom. The van der Waals surface area contributed by atoms with Crippen LogP contribution < -0.4 is 5.32 Å². The number of carbonyl (C=O) groups is 2. The smallest absolute Gasteiger partial charge is 0.335 e. The number of benzene rings is 1. The van der Waals surface area contributed by atoms with Crippen LogP contribution in [-0.4, -0.2) is 17.0 Å². The maximum absolute atomic E-state index is 11.2. The van der Waals surface area contributed by atoms with Crippen molar-refractivity contribution >= 4 is 17.6 Å². The number of nitrogens with one attached hydrogen (secondary N) is 1. The molecule has 1 rings (SSSR count). The van der Waals surface area contributed by atoms with Gasteiger partial charge in [-0.1, -0.05) is 6.92 Å². The fourth-order valence-electron chi connectivity index (χ4n) is 1.42. The molecule has 0 spiro atoms. The normalized spacial score (nSPS) is 9.94. The number of anilines is 1. The molecular weight excluding hydrogens is 206 g/mol. The van der Waals surface area contributed by atoms with Crippen molar-refractivity contribution in [3.8, 4) is 0 Å². The summed E-state index contributed by atoms with van der Waals surface area (Å²) in [4.78, 5) is 22.1. The van der Waals surface area contributed by atoms with E-state index >= 15 is 0 Å². The summed E-state index contributed by atoms with van der Waals surface area (Å²) in [5, 5.41) is 11.7. The van der Waals surface area contributed by atoms with Gasteiger partial charge in [0.05, 0.1) is 5.56 Å². The third kappa shape index (κ3) is 2.59. The molecule has 1 aromatic rings. The molecule has 16 heavy (non-hydrogen) atoms. The molecule has 0 radical (unpaired) electrons. The van der Waals surface area contributed by atoms with Gasteiger partial charge in [0, 0.05) is 12.1 Å². The summed E-state index contributed by atoms with van der Waals surface area (Å²) in [5.74, 6) is -1.03. The van der Waals surface area contributed by atoms with E-state index in [1.165, 1.54) is 0 Å². The van der Waals surface area contributed by atoms with E-state index in [0.717, 1.165) is 5.56 Å². The summed E-state index contributed by atoms with van der Waals surface area (Å²) < 4.78 is 0. The average Bonchev–Trinajstić information content (AvgIpc) is 2.22. The quantitative estimate of drug-likeness (QED) is 0.823. The Kier molecular flexibility index (Phi) is 3.66. The van der Waals surface area contributed by atoms with Crippen LogP contribution in [0.3, 0.4) is 0 Å². The van der Waals surface area contributed by atoms with Crippen LogP contribution in [0.25, 0.3) is 0 Å². The molecule has 0 bridgehead atoms. The van der Waals surface area contributed by atoms with Crippen LogP contribution in [0.5, 0.6) is 0 Å². The van der Waals surface area contributed by atoms with Crippen molar-refractivity contribution in [2.24, 2.45) is 0 Å². The first-order valence-electron chi connectivity index (χ1n) is 5.10. The minimum absolute atomic E-state index is 0.0782. The van der Waals surface area contributed by atoms with Gasteiger partial charge in [0.25, 0.3) is 0 Å². The molecule has 1 aromatic carbocycles. The predicted octanol–water partition coefficient (Wildman–Crippen LogP) is 2.35. The zero-order valence-corrected chi connectivity index (χ0v) is 9.63. The number of aryl methyl sites for hydroxylation is 2. The highest BCUT2D eigenvalue weighted by Crippen LogP contribution is 2.20. The zero-order chi connectivity index (χ0) is 12.3. The van der Waals surface area contributed by atoms with Crippen molar-refractivity contribution in [2.45, 2.75) is 27.2 Å². The van der Waals surface area contributed by atoms with Crippen molar-refractivity contribution in [3.63, 3.8) is 0 Å². The van der Waals surface area contributed by atoms with E-state index in [4.69, 9.17) is 5.11 Å². The van der Waals surface area contributed by atoms with Crippen LogP contribution >= 0.6 is 0 Å². The Labute approximate surface area is 94.3 Å². The molecule has 0 unspecified atom stereocenters. The van der Waals surface area contributed by atoms with E-state index in [2.05, 4.69) is 5.32 Å². The average molecular weight is 221 g/mol. The standard InChI is InChI=1S/C12H15NO3/c1-4-11(14)13-10-6-7(2)9(12(15)16)5-8(10)3/h5-6H,4H2,1-3H3,(H,13,14)(H,15,16). The fraction of sp³-hybridized carbons (Fsp3) is 0.333. The highest BCUT2D eigenvalue weighted by Gasteiger charge is 2.11. The van der Waals surface area contributed by atoms with Crippen LogP contribution in [-0.2, 0) is 4.79 Å². The number of carboxylic acid groups (broad SMARTS) is 1. The van der Waals surface area contributed by atoms with Crippen molar-refractivity contribution in [1.82, 2.24) is 0 Å². The second kappa shape index (κ2) is 4.79. The molecule has 4 nitrogen and oxygen atoms in total. The van der Waals surface area contributed by atoms with Crippen LogP contribution in [0, 0.1) is 13.8 Å². The number of carbonyl (C=O) groups excluding carboxylic acids is 1. The fourth-order valence-corrected chi connectivity index (χ4v) is 1.42. The third-order valence-electron chi connectivity index (χ3n) is 2.40. The summed E-state index contributed by atoms with van der Waals surface area (Å²) in [6.07, 6.45) is 0.402. The first-order chi connectivity index (χ1) is 7.45. The van der Waals surface area contributed by atoms with Crippen molar-refractivity contribution in [3.05, 3.63) is 28.8 Å². The minimum atomic E-state index is -0.950. The van der Waals surface area contributed by atoms with Gasteiger partial charge in [0.15, 0.2) is 0 Å². The first kappa shape index (κ1) is 12.2. The van der Waals surface area contributed by atoms with E-state index in [9.17, 15) is 9.59 Å². The molecule has 0 aliphatic rings. The van der Waals surface area contributed by atoms with Crippen LogP contribution in [0.2, 0.25) is 0 Å². The Hall–Kier alpha value is -1.84.